The van der Waals surface area contributed by atoms with Crippen LogP contribution in [0.4, 0.5) is 0 Å². The molecular formula is C7H14O3SSi. The molecule has 3 nitrogen and oxygen atoms in total. The first-order chi connectivity index (χ1) is 5.66. The molecule has 1 fully saturated rings. The molecule has 0 aliphatic carbocycles. The zero-order valence-corrected chi connectivity index (χ0v) is 8.95. The van der Waals surface area contributed by atoms with Gasteiger partial charge < -0.3 is 9.53 Å². The number of carboxylic acid groups (broad SMARTS) is 1. The molecule has 0 bridgehead atoms. The lowest BCUT2D eigenvalue weighted by Crippen LogP contribution is -2.16. The van der Waals surface area contributed by atoms with E-state index in [0.29, 0.717) is 0 Å². The van der Waals surface area contributed by atoms with Gasteiger partial charge in [0.05, 0.1) is 0 Å². The minimum Gasteiger partial charge on any atom is -0.478 e. The van der Waals surface area contributed by atoms with Gasteiger partial charge in [-0.15, -0.1) is 0 Å². The Morgan fingerprint density at radius 3 is 2.42 bits per heavy atom. The summed E-state index contributed by atoms with van der Waals surface area (Å²) in [5.74, 6) is -0.981. The van der Waals surface area contributed by atoms with Gasteiger partial charge in [0.1, 0.15) is 0 Å². The van der Waals surface area contributed by atoms with Crippen LogP contribution in [0.25, 0.3) is 0 Å². The van der Waals surface area contributed by atoms with Crippen LogP contribution in [-0.4, -0.2) is 25.9 Å². The zero-order chi connectivity index (χ0) is 9.40. The van der Waals surface area contributed by atoms with Crippen molar-refractivity contribution in [3.8, 4) is 0 Å². The van der Waals surface area contributed by atoms with Gasteiger partial charge in [0, 0.05) is 12.7 Å². The van der Waals surface area contributed by atoms with Crippen molar-refractivity contribution >= 4 is 26.2 Å². The summed E-state index contributed by atoms with van der Waals surface area (Å²) < 4.78 is 5.28. The molecule has 70 valence electrons. The lowest BCUT2D eigenvalue weighted by Gasteiger charge is -2.15. The van der Waals surface area contributed by atoms with Gasteiger partial charge in [-0.3, -0.25) is 0 Å². The molecule has 0 amide bonds. The van der Waals surface area contributed by atoms with Gasteiger partial charge in [-0.25, -0.2) is 4.79 Å². The van der Waals surface area contributed by atoms with Crippen molar-refractivity contribution in [2.75, 3.05) is 6.61 Å². The van der Waals surface area contributed by atoms with Crippen LogP contribution in [0, 0.1) is 0 Å². The lowest BCUT2D eigenvalue weighted by atomic mass is 10.4. The van der Waals surface area contributed by atoms with Gasteiger partial charge in [0.15, 0.2) is 0 Å². The molecule has 1 rings (SSSR count). The van der Waals surface area contributed by atoms with E-state index in [9.17, 15) is 4.79 Å². The molecule has 0 spiro atoms. The fourth-order valence-corrected chi connectivity index (χ4v) is 2.83. The Kier molecular flexibility index (Phi) is 7.23. The fraction of sp³-hybridized carbons (Fsp3) is 0.571. The number of hydrogen-bond acceptors (Lipinski definition) is 3. The first kappa shape index (κ1) is 11.7. The van der Waals surface area contributed by atoms with Crippen LogP contribution >= 0.6 is 12.1 Å². The summed E-state index contributed by atoms with van der Waals surface area (Å²) in [5.41, 5.74) is 0. The molecule has 0 aromatic carbocycles. The third-order valence-electron chi connectivity index (χ3n) is 1.33. The van der Waals surface area contributed by atoms with Crippen molar-refractivity contribution < 1.29 is 14.3 Å². The van der Waals surface area contributed by atoms with E-state index in [1.165, 1.54) is 18.9 Å². The standard InChI is InChI=1S/C4H10OSSi.C3H4O2/c6-7-4-2-1-3-5-7;1-2-3(4)5/h6-7H,1-4H2;2H,1H2,(H,4,5). The Morgan fingerprint density at radius 2 is 2.25 bits per heavy atom. The smallest absolute Gasteiger partial charge is 0.327 e. The van der Waals surface area contributed by atoms with Crippen LogP contribution in [0.15, 0.2) is 12.7 Å². The van der Waals surface area contributed by atoms with E-state index in [1.54, 1.807) is 0 Å². The van der Waals surface area contributed by atoms with Crippen molar-refractivity contribution in [1.82, 2.24) is 0 Å². The Hall–Kier alpha value is -0.263. The molecule has 5 heteroatoms. The molecule has 1 unspecified atom stereocenters. The second-order valence-corrected chi connectivity index (χ2v) is 5.91. The predicted molar refractivity (Wildman–Crippen MR) is 54.0 cm³/mol. The molecule has 1 N–H and O–H groups in total. The second-order valence-electron chi connectivity index (χ2n) is 2.36. The van der Waals surface area contributed by atoms with Gasteiger partial charge in [-0.1, -0.05) is 13.0 Å². The maximum absolute atomic E-state index is 9.25. The first-order valence-electron chi connectivity index (χ1n) is 3.82. The molecular weight excluding hydrogens is 192 g/mol. The van der Waals surface area contributed by atoms with Gasteiger partial charge in [-0.05, 0) is 12.5 Å². The van der Waals surface area contributed by atoms with Crippen molar-refractivity contribution in [2.45, 2.75) is 18.9 Å². The number of thiol groups is 1. The highest BCUT2D eigenvalue weighted by atomic mass is 32.3. The third kappa shape index (κ3) is 7.84. The van der Waals surface area contributed by atoms with Crippen molar-refractivity contribution in [3.63, 3.8) is 0 Å². The van der Waals surface area contributed by atoms with Crippen LogP contribution in [0.1, 0.15) is 12.8 Å². The largest absolute Gasteiger partial charge is 0.478 e. The lowest BCUT2D eigenvalue weighted by molar-refractivity contribution is -0.131. The third-order valence-corrected chi connectivity index (χ3v) is 4.07. The van der Waals surface area contributed by atoms with Crippen LogP contribution in [-0.2, 0) is 9.22 Å². The van der Waals surface area contributed by atoms with Crippen LogP contribution in [0.5, 0.6) is 0 Å². The van der Waals surface area contributed by atoms with Crippen LogP contribution < -0.4 is 0 Å². The SMILES string of the molecule is C=CC(=O)O.S[SiH]1CCCCO1. The van der Waals surface area contributed by atoms with Crippen LogP contribution in [0.2, 0.25) is 6.04 Å². The highest BCUT2D eigenvalue weighted by Gasteiger charge is 2.09. The number of hydrogen-bond donors (Lipinski definition) is 2. The molecule has 1 heterocycles. The van der Waals surface area contributed by atoms with E-state index in [4.69, 9.17) is 9.53 Å². The van der Waals surface area contributed by atoms with Gasteiger partial charge in [0.25, 0.3) is 0 Å². The van der Waals surface area contributed by atoms with E-state index in [2.05, 4.69) is 18.7 Å². The summed E-state index contributed by atoms with van der Waals surface area (Å²) >= 11 is 4.28. The van der Waals surface area contributed by atoms with Crippen molar-refractivity contribution in [1.29, 1.82) is 0 Å². The molecule has 1 atom stereocenters. The van der Waals surface area contributed by atoms with E-state index in [-0.39, 0.29) is 0 Å². The normalized spacial score (nSPS) is 21.9. The first-order valence-corrected chi connectivity index (χ1v) is 7.17. The minimum absolute atomic E-state index is 0.833. The highest BCUT2D eigenvalue weighted by Crippen LogP contribution is 2.11. The summed E-state index contributed by atoms with van der Waals surface area (Å²) in [5, 5.41) is 7.60. The number of rotatable bonds is 1. The molecule has 0 radical (unpaired) electrons. The summed E-state index contributed by atoms with van der Waals surface area (Å²) in [6.45, 7) is 3.93. The predicted octanol–water partition coefficient (Wildman–Crippen LogP) is 1.20. The zero-order valence-electron chi connectivity index (χ0n) is 6.90. The molecule has 0 aromatic rings. The van der Waals surface area contributed by atoms with Crippen LogP contribution in [0.3, 0.4) is 0 Å². The molecule has 0 saturated carbocycles. The Bertz CT molecular complexity index is 146. The maximum atomic E-state index is 9.25. The topological polar surface area (TPSA) is 46.5 Å². The molecule has 0 aromatic heterocycles. The Labute approximate surface area is 79.2 Å². The Balaban J connectivity index is 0.000000217. The van der Waals surface area contributed by atoms with E-state index in [0.717, 1.165) is 12.7 Å². The van der Waals surface area contributed by atoms with Gasteiger partial charge in [0.2, 0.25) is 8.19 Å². The monoisotopic (exact) mass is 206 g/mol. The number of aliphatic carboxylic acids is 1. The summed E-state index contributed by atoms with van der Waals surface area (Å²) in [4.78, 5) is 9.25. The maximum Gasteiger partial charge on any atom is 0.327 e. The fourth-order valence-electron chi connectivity index (χ4n) is 0.724. The molecule has 12 heavy (non-hydrogen) atoms. The number of carboxylic acids is 1. The summed E-state index contributed by atoms with van der Waals surface area (Å²) in [7, 11) is -0.900. The second kappa shape index (κ2) is 7.39. The van der Waals surface area contributed by atoms with Crippen molar-refractivity contribution in [3.05, 3.63) is 12.7 Å². The summed E-state index contributed by atoms with van der Waals surface area (Å²) in [6.07, 6.45) is 3.43. The number of carbonyl (C=O) groups is 1. The van der Waals surface area contributed by atoms with Crippen molar-refractivity contribution in [2.24, 2.45) is 0 Å². The average molecular weight is 206 g/mol. The average Bonchev–Trinajstić information content (AvgIpc) is 2.07. The molecule has 1 aliphatic heterocycles. The summed E-state index contributed by atoms with van der Waals surface area (Å²) in [6, 6.07) is 1.27. The molecule has 1 saturated heterocycles. The Morgan fingerprint density at radius 1 is 1.67 bits per heavy atom. The minimum atomic E-state index is -0.981. The van der Waals surface area contributed by atoms with E-state index >= 15 is 0 Å². The molecule has 1 aliphatic rings. The quantitative estimate of drug-likeness (QED) is 0.385. The highest BCUT2D eigenvalue weighted by molar-refractivity contribution is 8.09. The van der Waals surface area contributed by atoms with E-state index < -0.39 is 14.2 Å². The van der Waals surface area contributed by atoms with E-state index in [1.807, 2.05) is 0 Å². The van der Waals surface area contributed by atoms with Gasteiger partial charge in [-0.2, -0.15) is 12.1 Å². The van der Waals surface area contributed by atoms with Gasteiger partial charge >= 0.3 is 5.97 Å².